The Bertz CT molecular complexity index is 900. The lowest BCUT2D eigenvalue weighted by molar-refractivity contribution is 0.0951. The highest BCUT2D eigenvalue weighted by molar-refractivity contribution is 6.00. The maximum absolute atomic E-state index is 12.6. The number of amides is 1. The molecule has 0 spiro atoms. The number of nitrogens with zero attached hydrogens (tertiary/aromatic N) is 3. The summed E-state index contributed by atoms with van der Waals surface area (Å²) in [6.45, 7) is 4.25. The van der Waals surface area contributed by atoms with E-state index in [-0.39, 0.29) is 11.9 Å². The number of benzene rings is 1. The molecule has 0 bridgehead atoms. The zero-order valence-electron chi connectivity index (χ0n) is 13.0. The number of hydrogen-bond acceptors (Lipinski definition) is 3. The summed E-state index contributed by atoms with van der Waals surface area (Å²) in [6, 6.07) is 13.5. The Morgan fingerprint density at radius 3 is 2.75 bits per heavy atom. The smallest absolute Gasteiger partial charge is 0.270 e. The molecule has 1 aromatic carbocycles. The summed E-state index contributed by atoms with van der Waals surface area (Å²) in [5, 5.41) is 7.73. The molecule has 5 nitrogen and oxygen atoms in total. The van der Waals surface area contributed by atoms with E-state index in [0.29, 0.717) is 12.2 Å². The van der Waals surface area contributed by atoms with Crippen LogP contribution in [0.3, 0.4) is 0 Å². The Morgan fingerprint density at radius 1 is 1.21 bits per heavy atom. The fourth-order valence-electron chi connectivity index (χ4n) is 3.12. The van der Waals surface area contributed by atoms with Crippen LogP contribution in [-0.4, -0.2) is 20.7 Å². The van der Waals surface area contributed by atoms with Gasteiger partial charge in [-0.05, 0) is 11.6 Å². The van der Waals surface area contributed by atoms with E-state index >= 15 is 0 Å². The van der Waals surface area contributed by atoms with Gasteiger partial charge >= 0.3 is 0 Å². The minimum absolute atomic E-state index is 0.115. The maximum Gasteiger partial charge on any atom is 0.270 e. The Balaban J connectivity index is 1.94. The molecule has 1 aliphatic rings. The normalized spacial score (nSPS) is 15.8. The number of hydrogen-bond donors (Lipinski definition) is 1. The molecule has 1 N–H and O–H groups in total. The number of carbonyl (C=O) groups excluding carboxylic acids is 1. The number of carbonyl (C=O) groups is 1. The molecule has 2 aromatic heterocycles. The van der Waals surface area contributed by atoms with Crippen LogP contribution in [-0.2, 0) is 6.54 Å². The molecule has 4 rings (SSSR count). The predicted octanol–water partition coefficient (Wildman–Crippen LogP) is 2.96. The molecule has 0 aliphatic carbocycles. The van der Waals surface area contributed by atoms with Crippen molar-refractivity contribution in [1.29, 1.82) is 0 Å². The molecular formula is C19H16N4O. The Labute approximate surface area is 139 Å². The second kappa shape index (κ2) is 5.77. The third-order valence-corrected chi connectivity index (χ3v) is 4.14. The van der Waals surface area contributed by atoms with E-state index in [1.54, 1.807) is 23.2 Å². The highest BCUT2D eigenvalue weighted by atomic mass is 16.2. The SMILES string of the molecule is C=CCn1nc(-c2ccccc2)c2c1C(=O)NC2c1cccnc1. The van der Waals surface area contributed by atoms with Crippen molar-refractivity contribution in [3.8, 4) is 11.3 Å². The lowest BCUT2D eigenvalue weighted by Gasteiger charge is -2.12. The van der Waals surface area contributed by atoms with Gasteiger partial charge in [0.15, 0.2) is 0 Å². The second-order valence-corrected chi connectivity index (χ2v) is 5.64. The van der Waals surface area contributed by atoms with Gasteiger partial charge in [0.05, 0.1) is 18.3 Å². The van der Waals surface area contributed by atoms with Gasteiger partial charge < -0.3 is 5.32 Å². The average molecular weight is 316 g/mol. The van der Waals surface area contributed by atoms with Crippen molar-refractivity contribution in [2.75, 3.05) is 0 Å². The molecule has 1 aliphatic heterocycles. The van der Waals surface area contributed by atoms with E-state index in [4.69, 9.17) is 0 Å². The van der Waals surface area contributed by atoms with Gasteiger partial charge in [-0.2, -0.15) is 5.10 Å². The summed E-state index contributed by atoms with van der Waals surface area (Å²) in [5.74, 6) is -0.115. The first-order valence-electron chi connectivity index (χ1n) is 7.77. The van der Waals surface area contributed by atoms with Crippen LogP contribution < -0.4 is 5.32 Å². The zero-order chi connectivity index (χ0) is 16.5. The summed E-state index contributed by atoms with van der Waals surface area (Å²) in [4.78, 5) is 16.7. The molecule has 1 atom stereocenters. The Hall–Kier alpha value is -3.21. The quantitative estimate of drug-likeness (QED) is 0.753. The first kappa shape index (κ1) is 14.4. The average Bonchev–Trinajstić information content (AvgIpc) is 3.16. The van der Waals surface area contributed by atoms with Crippen molar-refractivity contribution in [2.24, 2.45) is 0 Å². The third-order valence-electron chi connectivity index (χ3n) is 4.14. The highest BCUT2D eigenvalue weighted by Gasteiger charge is 2.37. The van der Waals surface area contributed by atoms with Crippen molar-refractivity contribution >= 4 is 5.91 Å². The molecule has 118 valence electrons. The molecule has 3 heterocycles. The van der Waals surface area contributed by atoms with Gasteiger partial charge in [0.1, 0.15) is 5.69 Å². The van der Waals surface area contributed by atoms with Crippen LogP contribution in [0, 0.1) is 0 Å². The minimum atomic E-state index is -0.241. The lowest BCUT2D eigenvalue weighted by atomic mass is 9.98. The summed E-state index contributed by atoms with van der Waals surface area (Å²) in [6.07, 6.45) is 5.24. The van der Waals surface area contributed by atoms with E-state index in [0.717, 1.165) is 22.4 Å². The Kier molecular flexibility index (Phi) is 3.46. The standard InChI is InChI=1S/C19H16N4O/c1-2-11-23-18-15(17(22-23)13-7-4-3-5-8-13)16(21-19(18)24)14-9-6-10-20-12-14/h2-10,12,16H,1,11H2,(H,21,24). The van der Waals surface area contributed by atoms with Crippen molar-refractivity contribution in [2.45, 2.75) is 12.6 Å². The van der Waals surface area contributed by atoms with Crippen LogP contribution >= 0.6 is 0 Å². The number of pyridine rings is 1. The molecule has 1 amide bonds. The largest absolute Gasteiger partial charge is 0.340 e. The van der Waals surface area contributed by atoms with Gasteiger partial charge in [0.25, 0.3) is 5.91 Å². The van der Waals surface area contributed by atoms with Crippen LogP contribution in [0.25, 0.3) is 11.3 Å². The summed E-state index contributed by atoms with van der Waals surface area (Å²) < 4.78 is 1.72. The van der Waals surface area contributed by atoms with E-state index in [1.165, 1.54) is 0 Å². The van der Waals surface area contributed by atoms with Gasteiger partial charge in [-0.1, -0.05) is 42.5 Å². The van der Waals surface area contributed by atoms with Gasteiger partial charge in [0, 0.05) is 23.5 Å². The monoisotopic (exact) mass is 316 g/mol. The fourth-order valence-corrected chi connectivity index (χ4v) is 3.12. The second-order valence-electron chi connectivity index (χ2n) is 5.64. The minimum Gasteiger partial charge on any atom is -0.340 e. The van der Waals surface area contributed by atoms with Gasteiger partial charge in [0.2, 0.25) is 0 Å². The van der Waals surface area contributed by atoms with Crippen molar-refractivity contribution in [3.05, 3.63) is 84.3 Å². The first-order valence-corrected chi connectivity index (χ1v) is 7.77. The summed E-state index contributed by atoms with van der Waals surface area (Å²) >= 11 is 0. The number of rotatable bonds is 4. The van der Waals surface area contributed by atoms with Gasteiger partial charge in [-0.25, -0.2) is 0 Å². The van der Waals surface area contributed by atoms with Crippen LogP contribution in [0.5, 0.6) is 0 Å². The molecule has 5 heteroatoms. The van der Waals surface area contributed by atoms with Crippen LogP contribution in [0.15, 0.2) is 67.5 Å². The number of aromatic nitrogens is 3. The van der Waals surface area contributed by atoms with Crippen molar-refractivity contribution in [1.82, 2.24) is 20.1 Å². The van der Waals surface area contributed by atoms with Crippen LogP contribution in [0.2, 0.25) is 0 Å². The fraction of sp³-hybridized carbons (Fsp3) is 0.105. The molecule has 0 saturated carbocycles. The molecular weight excluding hydrogens is 300 g/mol. The number of allylic oxidation sites excluding steroid dienone is 1. The molecule has 1 unspecified atom stereocenters. The Morgan fingerprint density at radius 2 is 2.04 bits per heavy atom. The molecule has 0 saturated heterocycles. The molecule has 3 aromatic rings. The summed E-state index contributed by atoms with van der Waals surface area (Å²) in [7, 11) is 0. The topological polar surface area (TPSA) is 59.8 Å². The first-order chi connectivity index (χ1) is 11.8. The van der Waals surface area contributed by atoms with Gasteiger partial charge in [-0.15, -0.1) is 6.58 Å². The molecule has 0 radical (unpaired) electrons. The van der Waals surface area contributed by atoms with Gasteiger partial charge in [-0.3, -0.25) is 14.5 Å². The van der Waals surface area contributed by atoms with Crippen molar-refractivity contribution < 1.29 is 4.79 Å². The summed E-state index contributed by atoms with van der Waals surface area (Å²) in [5.41, 5.74) is 4.25. The number of fused-ring (bicyclic) bond motifs is 1. The van der Waals surface area contributed by atoms with E-state index in [9.17, 15) is 4.79 Å². The molecule has 0 fully saturated rings. The third kappa shape index (κ3) is 2.22. The highest BCUT2D eigenvalue weighted by Crippen LogP contribution is 2.37. The molecule has 24 heavy (non-hydrogen) atoms. The lowest BCUT2D eigenvalue weighted by Crippen LogP contribution is -2.22. The maximum atomic E-state index is 12.6. The van der Waals surface area contributed by atoms with Crippen molar-refractivity contribution in [3.63, 3.8) is 0 Å². The van der Waals surface area contributed by atoms with Crippen LogP contribution in [0.1, 0.15) is 27.7 Å². The zero-order valence-corrected chi connectivity index (χ0v) is 13.0. The van der Waals surface area contributed by atoms with E-state index < -0.39 is 0 Å². The van der Waals surface area contributed by atoms with E-state index in [2.05, 4.69) is 22.0 Å². The predicted molar refractivity (Wildman–Crippen MR) is 91.4 cm³/mol. The van der Waals surface area contributed by atoms with E-state index in [1.807, 2.05) is 42.5 Å². The van der Waals surface area contributed by atoms with Crippen LogP contribution in [0.4, 0.5) is 0 Å². The number of nitrogens with one attached hydrogen (secondary N) is 1.